The Morgan fingerprint density at radius 1 is 1.22 bits per heavy atom. The lowest BCUT2D eigenvalue weighted by Crippen LogP contribution is -1.96. The third-order valence-electron chi connectivity index (χ3n) is 2.89. The molecule has 0 aliphatic heterocycles. The first-order valence-corrected chi connectivity index (χ1v) is 7.41. The fourth-order valence-electron chi connectivity index (χ4n) is 1.80. The van der Waals surface area contributed by atoms with Gasteiger partial charge in [-0.15, -0.1) is 0 Å². The molecule has 0 saturated carbocycles. The second kappa shape index (κ2) is 4.59. The average molecular weight is 265 g/mol. The van der Waals surface area contributed by atoms with Gasteiger partial charge in [0.05, 0.1) is 11.5 Å². The Hall–Kier alpha value is -1.59. The van der Waals surface area contributed by atoms with Crippen molar-refractivity contribution in [2.45, 2.75) is 18.4 Å². The zero-order chi connectivity index (χ0) is 13.3. The number of benzene rings is 1. The minimum Gasteiger partial charge on any atom is -0.392 e. The Balaban J connectivity index is 2.40. The van der Waals surface area contributed by atoms with E-state index < -0.39 is 9.84 Å². The van der Waals surface area contributed by atoms with Crippen LogP contribution in [0.5, 0.6) is 0 Å². The Kier molecular flexibility index (Phi) is 3.28. The van der Waals surface area contributed by atoms with Crippen LogP contribution in [0, 0.1) is 6.92 Å². The topological polar surface area (TPSA) is 70.2 Å². The molecule has 0 unspecified atom stereocenters. The fourth-order valence-corrected chi connectivity index (χ4v) is 2.43. The highest BCUT2D eigenvalue weighted by Crippen LogP contribution is 2.23. The lowest BCUT2D eigenvalue weighted by Gasteiger charge is -2.01. The van der Waals surface area contributed by atoms with Crippen LogP contribution in [0.15, 0.2) is 35.2 Å². The molecule has 5 heteroatoms. The number of aliphatic hydroxyl groups excluding tert-OH is 1. The lowest BCUT2D eigenvalue weighted by molar-refractivity contribution is 0.281. The number of aliphatic hydroxyl groups is 1. The van der Waals surface area contributed by atoms with Crippen molar-refractivity contribution in [1.82, 2.24) is 4.98 Å². The number of sulfone groups is 1. The second-order valence-electron chi connectivity index (χ2n) is 4.29. The molecule has 0 atom stereocenters. The van der Waals surface area contributed by atoms with Gasteiger partial charge < -0.3 is 10.1 Å². The van der Waals surface area contributed by atoms with Gasteiger partial charge >= 0.3 is 0 Å². The van der Waals surface area contributed by atoms with Crippen molar-refractivity contribution in [1.29, 1.82) is 0 Å². The summed E-state index contributed by atoms with van der Waals surface area (Å²) >= 11 is 0. The molecule has 2 aromatic rings. The van der Waals surface area contributed by atoms with Crippen molar-refractivity contribution >= 4 is 9.84 Å². The number of aryl methyl sites for hydroxylation is 1. The molecule has 0 aliphatic carbocycles. The fraction of sp³-hybridized carbons (Fsp3) is 0.231. The van der Waals surface area contributed by atoms with Gasteiger partial charge in [-0.1, -0.05) is 12.1 Å². The quantitative estimate of drug-likeness (QED) is 0.890. The monoisotopic (exact) mass is 265 g/mol. The maximum absolute atomic E-state index is 11.3. The highest BCUT2D eigenvalue weighted by molar-refractivity contribution is 7.90. The zero-order valence-corrected chi connectivity index (χ0v) is 11.1. The third kappa shape index (κ3) is 2.47. The molecule has 2 rings (SSSR count). The molecule has 0 radical (unpaired) electrons. The first kappa shape index (κ1) is 12.9. The number of hydrogen-bond acceptors (Lipinski definition) is 3. The smallest absolute Gasteiger partial charge is 0.175 e. The van der Waals surface area contributed by atoms with Crippen molar-refractivity contribution < 1.29 is 13.5 Å². The summed E-state index contributed by atoms with van der Waals surface area (Å²) < 4.78 is 22.7. The lowest BCUT2D eigenvalue weighted by atomic mass is 10.1. The molecular formula is C13H15NO3S. The van der Waals surface area contributed by atoms with E-state index in [4.69, 9.17) is 5.11 Å². The average Bonchev–Trinajstić information content (AvgIpc) is 2.69. The Bertz CT molecular complexity index is 654. The predicted molar refractivity (Wildman–Crippen MR) is 70.0 cm³/mol. The van der Waals surface area contributed by atoms with E-state index in [0.29, 0.717) is 4.90 Å². The summed E-state index contributed by atoms with van der Waals surface area (Å²) in [5.74, 6) is 0. The molecule has 1 aromatic carbocycles. The minimum absolute atomic E-state index is 0.0102. The van der Waals surface area contributed by atoms with Crippen molar-refractivity contribution in [2.75, 3.05) is 6.26 Å². The summed E-state index contributed by atoms with van der Waals surface area (Å²) in [6.45, 7) is 1.88. The van der Waals surface area contributed by atoms with Gasteiger partial charge in [-0.25, -0.2) is 8.42 Å². The van der Waals surface area contributed by atoms with E-state index in [9.17, 15) is 8.42 Å². The van der Waals surface area contributed by atoms with Gasteiger partial charge in [-0.3, -0.25) is 0 Å². The first-order valence-electron chi connectivity index (χ1n) is 5.51. The van der Waals surface area contributed by atoms with Gasteiger partial charge in [0.1, 0.15) is 0 Å². The van der Waals surface area contributed by atoms with E-state index in [1.54, 1.807) is 24.3 Å². The highest BCUT2D eigenvalue weighted by Gasteiger charge is 2.09. The normalized spacial score (nSPS) is 11.7. The summed E-state index contributed by atoms with van der Waals surface area (Å²) in [6.07, 6.45) is 1.19. The third-order valence-corrected chi connectivity index (χ3v) is 4.01. The van der Waals surface area contributed by atoms with Gasteiger partial charge in [-0.05, 0) is 36.2 Å². The summed E-state index contributed by atoms with van der Waals surface area (Å²) in [7, 11) is -3.16. The van der Waals surface area contributed by atoms with E-state index in [1.807, 2.05) is 13.0 Å². The van der Waals surface area contributed by atoms with E-state index in [2.05, 4.69) is 4.98 Å². The van der Waals surface area contributed by atoms with Crippen molar-refractivity contribution in [2.24, 2.45) is 0 Å². The number of H-pyrrole nitrogens is 1. The van der Waals surface area contributed by atoms with Crippen molar-refractivity contribution in [3.05, 3.63) is 41.6 Å². The minimum atomic E-state index is -3.16. The van der Waals surface area contributed by atoms with Crippen LogP contribution >= 0.6 is 0 Å². The van der Waals surface area contributed by atoms with Gasteiger partial charge in [-0.2, -0.15) is 0 Å². The van der Waals surface area contributed by atoms with Crippen molar-refractivity contribution in [3.63, 3.8) is 0 Å². The molecule has 4 nitrogen and oxygen atoms in total. The van der Waals surface area contributed by atoms with Gasteiger partial charge in [0, 0.05) is 17.6 Å². The number of aromatic amines is 1. The number of nitrogens with one attached hydrogen (secondary N) is 1. The van der Waals surface area contributed by atoms with Crippen LogP contribution in [0.2, 0.25) is 0 Å². The Morgan fingerprint density at radius 3 is 2.28 bits per heavy atom. The van der Waals surface area contributed by atoms with Crippen LogP contribution in [0.4, 0.5) is 0 Å². The summed E-state index contributed by atoms with van der Waals surface area (Å²) in [4.78, 5) is 3.46. The van der Waals surface area contributed by atoms with Gasteiger partial charge in [0.2, 0.25) is 0 Å². The van der Waals surface area contributed by atoms with Crippen LogP contribution in [0.1, 0.15) is 11.3 Å². The van der Waals surface area contributed by atoms with E-state index in [0.717, 1.165) is 22.5 Å². The number of hydrogen-bond donors (Lipinski definition) is 2. The highest BCUT2D eigenvalue weighted by atomic mass is 32.2. The first-order chi connectivity index (χ1) is 8.41. The molecule has 96 valence electrons. The van der Waals surface area contributed by atoms with Crippen LogP contribution in [-0.4, -0.2) is 24.8 Å². The zero-order valence-electron chi connectivity index (χ0n) is 10.3. The number of aromatic nitrogens is 1. The van der Waals surface area contributed by atoms with E-state index in [-0.39, 0.29) is 6.61 Å². The van der Waals surface area contributed by atoms with Crippen molar-refractivity contribution in [3.8, 4) is 11.3 Å². The van der Waals surface area contributed by atoms with Crippen LogP contribution in [0.3, 0.4) is 0 Å². The maximum Gasteiger partial charge on any atom is 0.175 e. The van der Waals surface area contributed by atoms with Gasteiger partial charge in [0.25, 0.3) is 0 Å². The molecule has 0 aliphatic rings. The number of rotatable bonds is 3. The largest absolute Gasteiger partial charge is 0.392 e. The molecule has 0 saturated heterocycles. The standard InChI is InChI=1S/C13H15NO3S/c1-9-11(8-15)7-13(14-9)10-3-5-12(6-4-10)18(2,16)17/h3-7,14-15H,8H2,1-2H3. The molecule has 1 aromatic heterocycles. The maximum atomic E-state index is 11.3. The van der Waals surface area contributed by atoms with Gasteiger partial charge in [0.15, 0.2) is 9.84 Å². The molecule has 0 fully saturated rings. The van der Waals surface area contributed by atoms with Crippen LogP contribution < -0.4 is 0 Å². The molecule has 18 heavy (non-hydrogen) atoms. The molecular weight excluding hydrogens is 250 g/mol. The molecule has 0 spiro atoms. The molecule has 1 heterocycles. The predicted octanol–water partition coefficient (Wildman–Crippen LogP) is 1.89. The molecule has 0 bridgehead atoms. The molecule has 0 amide bonds. The van der Waals surface area contributed by atoms with E-state index in [1.165, 1.54) is 6.26 Å². The second-order valence-corrected chi connectivity index (χ2v) is 6.30. The van der Waals surface area contributed by atoms with Crippen LogP contribution in [-0.2, 0) is 16.4 Å². The summed E-state index contributed by atoms with van der Waals surface area (Å²) in [5, 5.41) is 9.13. The summed E-state index contributed by atoms with van der Waals surface area (Å²) in [6, 6.07) is 8.54. The molecule has 2 N–H and O–H groups in total. The summed E-state index contributed by atoms with van der Waals surface area (Å²) in [5.41, 5.74) is 3.53. The SMILES string of the molecule is Cc1[nH]c(-c2ccc(S(C)(=O)=O)cc2)cc1CO. The Labute approximate surface area is 106 Å². The van der Waals surface area contributed by atoms with E-state index >= 15 is 0 Å². The Morgan fingerprint density at radius 2 is 1.83 bits per heavy atom. The van der Waals surface area contributed by atoms with Crippen LogP contribution in [0.25, 0.3) is 11.3 Å².